The molecule has 1 heterocycles. The van der Waals surface area contributed by atoms with E-state index in [0.29, 0.717) is 27.4 Å². The van der Waals surface area contributed by atoms with Gasteiger partial charge in [0.1, 0.15) is 11.4 Å². The average Bonchev–Trinajstić information content (AvgIpc) is 3.50. The zero-order chi connectivity index (χ0) is 21.5. The summed E-state index contributed by atoms with van der Waals surface area (Å²) < 4.78 is 7.01. The molecule has 0 aliphatic heterocycles. The Labute approximate surface area is 179 Å². The number of halogens is 1. The smallest absolute Gasteiger partial charge is 0.408 e. The molecule has 1 saturated carbocycles. The Morgan fingerprint density at radius 1 is 1.17 bits per heavy atom. The van der Waals surface area contributed by atoms with Gasteiger partial charge in [-0.05, 0) is 63.8 Å². The Hall–Kier alpha value is -2.86. The van der Waals surface area contributed by atoms with Crippen LogP contribution in [0.25, 0.3) is 16.6 Å². The summed E-state index contributed by atoms with van der Waals surface area (Å²) in [5.41, 5.74) is 0.292. The van der Waals surface area contributed by atoms with Gasteiger partial charge in [0.2, 0.25) is 0 Å². The predicted octanol–water partition coefficient (Wildman–Crippen LogP) is 5.01. The number of amides is 1. The normalized spacial score (nSPS) is 15.1. The first kappa shape index (κ1) is 20.4. The molecule has 0 unspecified atom stereocenters. The van der Waals surface area contributed by atoms with Gasteiger partial charge in [-0.2, -0.15) is 0 Å². The quantitative estimate of drug-likeness (QED) is 0.637. The van der Waals surface area contributed by atoms with Crippen molar-refractivity contribution in [1.29, 1.82) is 0 Å². The summed E-state index contributed by atoms with van der Waals surface area (Å²) in [7, 11) is 0. The number of carbonyl (C=O) groups is 1. The van der Waals surface area contributed by atoms with Gasteiger partial charge in [0, 0.05) is 0 Å². The first-order valence-corrected chi connectivity index (χ1v) is 10.4. The molecular weight excluding hydrogens is 402 g/mol. The second-order valence-electron chi connectivity index (χ2n) is 8.54. The van der Waals surface area contributed by atoms with E-state index < -0.39 is 17.7 Å². The standard InChI is InChI=1S/C23H24ClN3O3/c1-23(2,3)30-22(29)26-19(14-12-13-14)20-25-17-11-7-10-16(24)18(17)21(28)27(20)15-8-5-4-6-9-15/h4-11,14,19H,12-13H2,1-3H3,(H,26,29)/t19-/m0/s1. The fourth-order valence-electron chi connectivity index (χ4n) is 3.50. The van der Waals surface area contributed by atoms with E-state index in [2.05, 4.69) is 5.32 Å². The van der Waals surface area contributed by atoms with Crippen molar-refractivity contribution in [1.82, 2.24) is 14.9 Å². The number of benzene rings is 2. The number of para-hydroxylation sites is 1. The Kier molecular flexibility index (Phi) is 5.28. The van der Waals surface area contributed by atoms with E-state index in [1.807, 2.05) is 51.1 Å². The van der Waals surface area contributed by atoms with Crippen LogP contribution in [-0.2, 0) is 4.74 Å². The molecule has 0 saturated heterocycles. The van der Waals surface area contributed by atoms with Crippen LogP contribution in [0, 0.1) is 5.92 Å². The monoisotopic (exact) mass is 425 g/mol. The Morgan fingerprint density at radius 2 is 1.87 bits per heavy atom. The van der Waals surface area contributed by atoms with E-state index >= 15 is 0 Å². The van der Waals surface area contributed by atoms with E-state index in [0.717, 1.165) is 12.8 Å². The first-order valence-electron chi connectivity index (χ1n) is 10.0. The fraction of sp³-hybridized carbons (Fsp3) is 0.348. The molecule has 3 aromatic rings. The molecular formula is C23H24ClN3O3. The van der Waals surface area contributed by atoms with E-state index in [-0.39, 0.29) is 11.5 Å². The van der Waals surface area contributed by atoms with Gasteiger partial charge in [0.15, 0.2) is 0 Å². The van der Waals surface area contributed by atoms with E-state index in [1.54, 1.807) is 22.8 Å². The largest absolute Gasteiger partial charge is 0.444 e. The first-order chi connectivity index (χ1) is 14.2. The summed E-state index contributed by atoms with van der Waals surface area (Å²) in [5, 5.41) is 3.66. The van der Waals surface area contributed by atoms with Gasteiger partial charge in [0.25, 0.3) is 5.56 Å². The van der Waals surface area contributed by atoms with Crippen LogP contribution in [0.2, 0.25) is 5.02 Å². The third-order valence-corrected chi connectivity index (χ3v) is 5.25. The zero-order valence-electron chi connectivity index (χ0n) is 17.2. The summed E-state index contributed by atoms with van der Waals surface area (Å²) in [6.07, 6.45) is 1.36. The van der Waals surface area contributed by atoms with Crippen LogP contribution in [0.1, 0.15) is 45.5 Å². The molecule has 7 heteroatoms. The Balaban J connectivity index is 1.90. The van der Waals surface area contributed by atoms with E-state index in [4.69, 9.17) is 21.3 Å². The van der Waals surface area contributed by atoms with Crippen molar-refractivity contribution in [2.75, 3.05) is 0 Å². The van der Waals surface area contributed by atoms with Crippen LogP contribution in [-0.4, -0.2) is 21.2 Å². The zero-order valence-corrected chi connectivity index (χ0v) is 17.9. The molecule has 0 bridgehead atoms. The van der Waals surface area contributed by atoms with Gasteiger partial charge in [-0.25, -0.2) is 9.78 Å². The fourth-order valence-corrected chi connectivity index (χ4v) is 3.75. The van der Waals surface area contributed by atoms with Crippen LogP contribution in [0.15, 0.2) is 53.3 Å². The average molecular weight is 426 g/mol. The predicted molar refractivity (Wildman–Crippen MR) is 117 cm³/mol. The maximum absolute atomic E-state index is 13.5. The van der Waals surface area contributed by atoms with Gasteiger partial charge in [-0.3, -0.25) is 9.36 Å². The second kappa shape index (κ2) is 7.76. The molecule has 30 heavy (non-hydrogen) atoms. The van der Waals surface area contributed by atoms with Crippen molar-refractivity contribution in [3.63, 3.8) is 0 Å². The number of hydrogen-bond acceptors (Lipinski definition) is 4. The molecule has 1 N–H and O–H groups in total. The van der Waals surface area contributed by atoms with Gasteiger partial charge in [-0.15, -0.1) is 0 Å². The van der Waals surface area contributed by atoms with Crippen molar-refractivity contribution >= 4 is 28.6 Å². The summed E-state index contributed by atoms with van der Waals surface area (Å²) in [6.45, 7) is 5.44. The number of hydrogen-bond donors (Lipinski definition) is 1. The molecule has 1 aliphatic rings. The lowest BCUT2D eigenvalue weighted by Gasteiger charge is -2.25. The van der Waals surface area contributed by atoms with Crippen LogP contribution in [0.5, 0.6) is 0 Å². The van der Waals surface area contributed by atoms with Gasteiger partial charge in [0.05, 0.1) is 27.7 Å². The van der Waals surface area contributed by atoms with E-state index in [1.165, 1.54) is 0 Å². The third kappa shape index (κ3) is 4.19. The maximum atomic E-state index is 13.5. The number of fused-ring (bicyclic) bond motifs is 1. The number of aromatic nitrogens is 2. The second-order valence-corrected chi connectivity index (χ2v) is 8.95. The minimum absolute atomic E-state index is 0.191. The molecule has 4 rings (SSSR count). The molecule has 6 nitrogen and oxygen atoms in total. The van der Waals surface area contributed by atoms with Crippen molar-refractivity contribution < 1.29 is 9.53 Å². The van der Waals surface area contributed by atoms with Gasteiger partial charge < -0.3 is 10.1 Å². The topological polar surface area (TPSA) is 73.2 Å². The Bertz CT molecular complexity index is 1150. The summed E-state index contributed by atoms with van der Waals surface area (Å²) in [6, 6.07) is 14.0. The highest BCUT2D eigenvalue weighted by Gasteiger charge is 2.38. The molecule has 2 aromatic carbocycles. The number of alkyl carbamates (subject to hydrolysis) is 1. The lowest BCUT2D eigenvalue weighted by Crippen LogP contribution is -2.38. The van der Waals surface area contributed by atoms with Crippen molar-refractivity contribution in [2.24, 2.45) is 5.92 Å². The van der Waals surface area contributed by atoms with Crippen LogP contribution in [0.3, 0.4) is 0 Å². The van der Waals surface area contributed by atoms with Gasteiger partial charge in [-0.1, -0.05) is 35.9 Å². The lowest BCUT2D eigenvalue weighted by atomic mass is 10.1. The summed E-state index contributed by atoms with van der Waals surface area (Å²) in [5.74, 6) is 0.672. The number of rotatable bonds is 4. The molecule has 1 amide bonds. The van der Waals surface area contributed by atoms with Gasteiger partial charge >= 0.3 is 6.09 Å². The molecule has 0 radical (unpaired) electrons. The molecule has 0 spiro atoms. The summed E-state index contributed by atoms with van der Waals surface area (Å²) >= 11 is 6.34. The van der Waals surface area contributed by atoms with Crippen LogP contribution in [0.4, 0.5) is 4.79 Å². The number of ether oxygens (including phenoxy) is 1. The highest BCUT2D eigenvalue weighted by atomic mass is 35.5. The molecule has 1 fully saturated rings. The van der Waals surface area contributed by atoms with Crippen molar-refractivity contribution in [2.45, 2.75) is 45.3 Å². The highest BCUT2D eigenvalue weighted by molar-refractivity contribution is 6.35. The highest BCUT2D eigenvalue weighted by Crippen LogP contribution is 2.41. The Morgan fingerprint density at radius 3 is 2.50 bits per heavy atom. The van der Waals surface area contributed by atoms with Crippen LogP contribution < -0.4 is 10.9 Å². The maximum Gasteiger partial charge on any atom is 0.408 e. The van der Waals surface area contributed by atoms with Crippen molar-refractivity contribution in [3.8, 4) is 5.69 Å². The molecule has 156 valence electrons. The SMILES string of the molecule is CC(C)(C)OC(=O)N[C@H](c1nc2cccc(Cl)c2c(=O)n1-c1ccccc1)C1CC1. The van der Waals surface area contributed by atoms with Crippen LogP contribution >= 0.6 is 11.6 Å². The minimum atomic E-state index is -0.623. The number of carbonyl (C=O) groups excluding carboxylic acids is 1. The van der Waals surface area contributed by atoms with Crippen molar-refractivity contribution in [3.05, 3.63) is 69.7 Å². The third-order valence-electron chi connectivity index (χ3n) is 4.93. The van der Waals surface area contributed by atoms with E-state index in [9.17, 15) is 9.59 Å². The minimum Gasteiger partial charge on any atom is -0.444 e. The summed E-state index contributed by atoms with van der Waals surface area (Å²) in [4.78, 5) is 30.9. The number of nitrogens with zero attached hydrogens (tertiary/aromatic N) is 2. The molecule has 1 atom stereocenters. The molecule has 1 aromatic heterocycles. The lowest BCUT2D eigenvalue weighted by molar-refractivity contribution is 0.0493. The number of nitrogens with one attached hydrogen (secondary N) is 1. The molecule has 1 aliphatic carbocycles.